The number of carbonyl (C=O) groups is 1. The SMILES string of the molecule is COc1ccnc(NCCc2ccccc2C(=O)O)n1. The fraction of sp³-hybridized carbons (Fsp3) is 0.214. The number of carboxylic acids is 1. The topological polar surface area (TPSA) is 84.3 Å². The highest BCUT2D eigenvalue weighted by molar-refractivity contribution is 5.89. The summed E-state index contributed by atoms with van der Waals surface area (Å²) in [5, 5.41) is 12.1. The first-order valence-corrected chi connectivity index (χ1v) is 6.13. The van der Waals surface area contributed by atoms with Gasteiger partial charge in [-0.25, -0.2) is 9.78 Å². The third-order valence-corrected chi connectivity index (χ3v) is 2.76. The van der Waals surface area contributed by atoms with E-state index in [0.717, 1.165) is 5.56 Å². The van der Waals surface area contributed by atoms with Gasteiger partial charge in [-0.1, -0.05) is 18.2 Å². The minimum Gasteiger partial charge on any atom is -0.481 e. The van der Waals surface area contributed by atoms with Crippen LogP contribution in [0.3, 0.4) is 0 Å². The van der Waals surface area contributed by atoms with Crippen LogP contribution in [0.4, 0.5) is 5.95 Å². The lowest BCUT2D eigenvalue weighted by Gasteiger charge is -2.08. The molecule has 0 aliphatic heterocycles. The maximum absolute atomic E-state index is 11.1. The largest absolute Gasteiger partial charge is 0.481 e. The van der Waals surface area contributed by atoms with Crippen molar-refractivity contribution in [1.29, 1.82) is 0 Å². The van der Waals surface area contributed by atoms with E-state index in [-0.39, 0.29) is 0 Å². The van der Waals surface area contributed by atoms with E-state index in [2.05, 4.69) is 15.3 Å². The first-order chi connectivity index (χ1) is 9.70. The Morgan fingerprint density at radius 3 is 2.90 bits per heavy atom. The van der Waals surface area contributed by atoms with Gasteiger partial charge in [-0.05, 0) is 18.1 Å². The zero-order valence-corrected chi connectivity index (χ0v) is 11.0. The quantitative estimate of drug-likeness (QED) is 0.835. The molecule has 0 saturated carbocycles. The van der Waals surface area contributed by atoms with Gasteiger partial charge >= 0.3 is 5.97 Å². The van der Waals surface area contributed by atoms with Crippen molar-refractivity contribution in [2.45, 2.75) is 6.42 Å². The number of nitrogens with one attached hydrogen (secondary N) is 1. The van der Waals surface area contributed by atoms with Crippen LogP contribution in [-0.2, 0) is 6.42 Å². The molecule has 0 unspecified atom stereocenters. The summed E-state index contributed by atoms with van der Waals surface area (Å²) in [5.41, 5.74) is 1.09. The molecule has 1 aromatic heterocycles. The molecule has 1 aromatic carbocycles. The number of rotatable bonds is 6. The Kier molecular flexibility index (Phi) is 4.49. The van der Waals surface area contributed by atoms with Crippen molar-refractivity contribution in [3.63, 3.8) is 0 Å². The van der Waals surface area contributed by atoms with Crippen LogP contribution in [0.2, 0.25) is 0 Å². The third kappa shape index (κ3) is 3.44. The Morgan fingerprint density at radius 1 is 1.35 bits per heavy atom. The second-order valence-corrected chi connectivity index (χ2v) is 4.06. The summed E-state index contributed by atoms with van der Waals surface area (Å²) in [6.07, 6.45) is 2.17. The van der Waals surface area contributed by atoms with E-state index in [1.54, 1.807) is 30.5 Å². The average Bonchev–Trinajstić information content (AvgIpc) is 2.48. The Bertz CT molecular complexity index is 602. The number of nitrogens with zero attached hydrogens (tertiary/aromatic N) is 2. The van der Waals surface area contributed by atoms with E-state index < -0.39 is 5.97 Å². The minimum atomic E-state index is -0.918. The van der Waals surface area contributed by atoms with Gasteiger partial charge in [0.1, 0.15) is 0 Å². The number of methoxy groups -OCH3 is 1. The fourth-order valence-corrected chi connectivity index (χ4v) is 1.80. The molecule has 104 valence electrons. The third-order valence-electron chi connectivity index (χ3n) is 2.76. The van der Waals surface area contributed by atoms with Gasteiger partial charge in [0.05, 0.1) is 12.7 Å². The lowest BCUT2D eigenvalue weighted by atomic mass is 10.0. The second kappa shape index (κ2) is 6.51. The van der Waals surface area contributed by atoms with Gasteiger partial charge in [0.2, 0.25) is 11.8 Å². The van der Waals surface area contributed by atoms with Crippen LogP contribution in [-0.4, -0.2) is 34.7 Å². The van der Waals surface area contributed by atoms with Crippen molar-refractivity contribution < 1.29 is 14.6 Å². The molecule has 0 saturated heterocycles. The molecule has 20 heavy (non-hydrogen) atoms. The van der Waals surface area contributed by atoms with Crippen LogP contribution in [0.1, 0.15) is 15.9 Å². The standard InChI is InChI=1S/C14H15N3O3/c1-20-12-7-9-16-14(17-12)15-8-6-10-4-2-3-5-11(10)13(18)19/h2-5,7,9H,6,8H2,1H3,(H,18,19)(H,15,16,17). The molecule has 0 fully saturated rings. The zero-order valence-electron chi connectivity index (χ0n) is 11.0. The molecule has 0 aliphatic carbocycles. The monoisotopic (exact) mass is 273 g/mol. The summed E-state index contributed by atoms with van der Waals surface area (Å²) >= 11 is 0. The van der Waals surface area contributed by atoms with Crippen molar-refractivity contribution in [3.05, 3.63) is 47.7 Å². The van der Waals surface area contributed by atoms with Crippen LogP contribution in [0.15, 0.2) is 36.5 Å². The number of benzene rings is 1. The van der Waals surface area contributed by atoms with E-state index in [1.165, 1.54) is 7.11 Å². The van der Waals surface area contributed by atoms with Gasteiger partial charge in [0.15, 0.2) is 0 Å². The van der Waals surface area contributed by atoms with Crippen LogP contribution < -0.4 is 10.1 Å². The maximum atomic E-state index is 11.1. The molecular weight excluding hydrogens is 258 g/mol. The summed E-state index contributed by atoms with van der Waals surface area (Å²) in [7, 11) is 1.54. The summed E-state index contributed by atoms with van der Waals surface area (Å²) in [4.78, 5) is 19.3. The normalized spacial score (nSPS) is 10.1. The van der Waals surface area contributed by atoms with Crippen LogP contribution in [0.5, 0.6) is 5.88 Å². The number of hydrogen-bond acceptors (Lipinski definition) is 5. The van der Waals surface area contributed by atoms with Gasteiger partial charge in [0, 0.05) is 18.8 Å². The predicted octanol–water partition coefficient (Wildman–Crippen LogP) is 1.84. The van der Waals surface area contributed by atoms with Crippen LogP contribution in [0.25, 0.3) is 0 Å². The molecule has 0 spiro atoms. The number of hydrogen-bond donors (Lipinski definition) is 2. The Morgan fingerprint density at radius 2 is 2.15 bits per heavy atom. The molecule has 0 amide bonds. The highest BCUT2D eigenvalue weighted by Crippen LogP contribution is 2.11. The smallest absolute Gasteiger partial charge is 0.335 e. The molecule has 0 radical (unpaired) electrons. The van der Waals surface area contributed by atoms with Crippen molar-refractivity contribution in [3.8, 4) is 5.88 Å². The molecule has 1 heterocycles. The lowest BCUT2D eigenvalue weighted by Crippen LogP contribution is -2.11. The second-order valence-electron chi connectivity index (χ2n) is 4.06. The molecule has 6 heteroatoms. The number of aromatic nitrogens is 2. The van der Waals surface area contributed by atoms with Crippen molar-refractivity contribution in [2.75, 3.05) is 19.0 Å². The van der Waals surface area contributed by atoms with E-state index >= 15 is 0 Å². The lowest BCUT2D eigenvalue weighted by molar-refractivity contribution is 0.0695. The molecule has 2 aromatic rings. The van der Waals surface area contributed by atoms with Crippen LogP contribution in [0, 0.1) is 0 Å². The van der Waals surface area contributed by atoms with Crippen molar-refractivity contribution in [2.24, 2.45) is 0 Å². The number of ether oxygens (including phenoxy) is 1. The fourth-order valence-electron chi connectivity index (χ4n) is 1.80. The highest BCUT2D eigenvalue weighted by Gasteiger charge is 2.08. The molecule has 0 bridgehead atoms. The highest BCUT2D eigenvalue weighted by atomic mass is 16.5. The number of carboxylic acid groups (broad SMARTS) is 1. The first-order valence-electron chi connectivity index (χ1n) is 6.13. The van der Waals surface area contributed by atoms with Gasteiger partial charge in [0.25, 0.3) is 0 Å². The molecule has 2 N–H and O–H groups in total. The van der Waals surface area contributed by atoms with Crippen molar-refractivity contribution >= 4 is 11.9 Å². The first kappa shape index (κ1) is 13.8. The minimum absolute atomic E-state index is 0.320. The summed E-state index contributed by atoms with van der Waals surface area (Å²) in [5.74, 6) is 0.0174. The predicted molar refractivity (Wildman–Crippen MR) is 74.2 cm³/mol. The molecule has 0 aliphatic rings. The Balaban J connectivity index is 1.97. The van der Waals surface area contributed by atoms with Gasteiger partial charge in [-0.3, -0.25) is 0 Å². The van der Waals surface area contributed by atoms with Crippen molar-refractivity contribution in [1.82, 2.24) is 9.97 Å². The van der Waals surface area contributed by atoms with Gasteiger partial charge in [-0.15, -0.1) is 0 Å². The van der Waals surface area contributed by atoms with E-state index in [1.807, 2.05) is 6.07 Å². The Hall–Kier alpha value is -2.63. The van der Waals surface area contributed by atoms with Crippen LogP contribution >= 0.6 is 0 Å². The summed E-state index contributed by atoms with van der Waals surface area (Å²) in [6.45, 7) is 0.539. The van der Waals surface area contributed by atoms with E-state index in [4.69, 9.17) is 9.84 Å². The van der Waals surface area contributed by atoms with Gasteiger partial charge in [-0.2, -0.15) is 4.98 Å². The molecule has 6 nitrogen and oxygen atoms in total. The molecule has 2 rings (SSSR count). The number of aromatic carboxylic acids is 1. The van der Waals surface area contributed by atoms with E-state index in [0.29, 0.717) is 30.4 Å². The van der Waals surface area contributed by atoms with Gasteiger partial charge < -0.3 is 15.2 Å². The summed E-state index contributed by atoms with van der Waals surface area (Å²) < 4.78 is 5.00. The molecular formula is C14H15N3O3. The zero-order chi connectivity index (χ0) is 14.4. The molecule has 0 atom stereocenters. The Labute approximate surface area is 116 Å². The summed E-state index contributed by atoms with van der Waals surface area (Å²) in [6, 6.07) is 8.59. The van der Waals surface area contributed by atoms with E-state index in [9.17, 15) is 4.79 Å². The number of anilines is 1. The maximum Gasteiger partial charge on any atom is 0.335 e. The average molecular weight is 273 g/mol.